The summed E-state index contributed by atoms with van der Waals surface area (Å²) in [5.74, 6) is 0.252. The SMILES string of the molecule is Cc1ccc(C)c(-n2ccnc2S(=O)(=O)Cc2cc(Cl)cc3c2OCOC3)c1. The van der Waals surface area contributed by atoms with Crippen LogP contribution in [0.5, 0.6) is 5.75 Å². The predicted octanol–water partition coefficient (Wildman–Crippen LogP) is 3.98. The van der Waals surface area contributed by atoms with Crippen LogP contribution < -0.4 is 4.74 Å². The van der Waals surface area contributed by atoms with E-state index >= 15 is 0 Å². The molecular formula is C20H19ClN2O4S. The normalized spacial score (nSPS) is 13.8. The maximum atomic E-state index is 13.2. The second-order valence-corrected chi connectivity index (χ2v) is 9.11. The monoisotopic (exact) mass is 418 g/mol. The largest absolute Gasteiger partial charge is 0.467 e. The van der Waals surface area contributed by atoms with Crippen LogP contribution in [-0.2, 0) is 26.9 Å². The van der Waals surface area contributed by atoms with Crippen LogP contribution in [0.2, 0.25) is 5.02 Å². The quantitative estimate of drug-likeness (QED) is 0.640. The van der Waals surface area contributed by atoms with E-state index in [0.717, 1.165) is 22.4 Å². The summed E-state index contributed by atoms with van der Waals surface area (Å²) >= 11 is 6.17. The summed E-state index contributed by atoms with van der Waals surface area (Å²) in [6.45, 7) is 4.32. The molecule has 2 aromatic carbocycles. The first kappa shape index (κ1) is 19.0. The zero-order valence-corrected chi connectivity index (χ0v) is 17.0. The highest BCUT2D eigenvalue weighted by atomic mass is 35.5. The molecule has 0 spiro atoms. The molecule has 0 amide bonds. The molecule has 4 rings (SSSR count). The van der Waals surface area contributed by atoms with E-state index in [1.54, 1.807) is 22.9 Å². The third-order valence-corrected chi connectivity index (χ3v) is 6.37. The van der Waals surface area contributed by atoms with Gasteiger partial charge in [-0.3, -0.25) is 4.57 Å². The minimum Gasteiger partial charge on any atom is -0.467 e. The lowest BCUT2D eigenvalue weighted by Gasteiger charge is -2.21. The van der Waals surface area contributed by atoms with E-state index in [2.05, 4.69) is 4.98 Å². The lowest BCUT2D eigenvalue weighted by Crippen LogP contribution is -2.17. The standard InChI is InChI=1S/C20H19ClN2O4S/c1-13-3-4-14(2)18(7-13)23-6-5-22-20(23)28(24,25)11-16-9-17(21)8-15-10-26-12-27-19(15)16/h3-9H,10-12H2,1-2H3. The Morgan fingerprint density at radius 1 is 1.21 bits per heavy atom. The van der Waals surface area contributed by atoms with E-state index in [0.29, 0.717) is 22.9 Å². The summed E-state index contributed by atoms with van der Waals surface area (Å²) in [5, 5.41) is 0.429. The summed E-state index contributed by atoms with van der Waals surface area (Å²) < 4.78 is 38.9. The van der Waals surface area contributed by atoms with E-state index in [4.69, 9.17) is 21.1 Å². The lowest BCUT2D eigenvalue weighted by atomic mass is 10.1. The molecule has 8 heteroatoms. The van der Waals surface area contributed by atoms with Crippen molar-refractivity contribution in [2.24, 2.45) is 0 Å². The molecule has 1 aromatic heterocycles. The zero-order valence-electron chi connectivity index (χ0n) is 15.5. The van der Waals surface area contributed by atoms with Crippen LogP contribution in [-0.4, -0.2) is 24.8 Å². The molecule has 0 unspecified atom stereocenters. The zero-order chi connectivity index (χ0) is 19.9. The minimum absolute atomic E-state index is 0.0121. The second kappa shape index (κ2) is 7.24. The molecule has 146 valence electrons. The highest BCUT2D eigenvalue weighted by Crippen LogP contribution is 2.34. The molecule has 1 aliphatic heterocycles. The summed E-state index contributed by atoms with van der Waals surface area (Å²) in [7, 11) is -3.76. The van der Waals surface area contributed by atoms with E-state index in [1.807, 2.05) is 32.0 Å². The predicted molar refractivity (Wildman–Crippen MR) is 106 cm³/mol. The number of hydrogen-bond donors (Lipinski definition) is 0. The molecule has 0 fully saturated rings. The fourth-order valence-electron chi connectivity index (χ4n) is 3.32. The van der Waals surface area contributed by atoms with Crippen LogP contribution in [0.15, 0.2) is 47.9 Å². The molecule has 0 atom stereocenters. The first-order valence-corrected chi connectivity index (χ1v) is 10.7. The van der Waals surface area contributed by atoms with Crippen molar-refractivity contribution in [3.05, 3.63) is 70.0 Å². The van der Waals surface area contributed by atoms with Crippen molar-refractivity contribution in [3.8, 4) is 11.4 Å². The molecule has 6 nitrogen and oxygen atoms in total. The Morgan fingerprint density at radius 2 is 2.04 bits per heavy atom. The number of benzene rings is 2. The summed E-state index contributed by atoms with van der Waals surface area (Å²) in [4.78, 5) is 4.14. The van der Waals surface area contributed by atoms with Gasteiger partial charge in [-0.05, 0) is 43.2 Å². The van der Waals surface area contributed by atoms with Gasteiger partial charge >= 0.3 is 0 Å². The Bertz CT molecular complexity index is 1160. The van der Waals surface area contributed by atoms with Crippen molar-refractivity contribution < 1.29 is 17.9 Å². The van der Waals surface area contributed by atoms with E-state index < -0.39 is 9.84 Å². The van der Waals surface area contributed by atoms with Gasteiger partial charge < -0.3 is 9.47 Å². The Kier molecular flexibility index (Phi) is 4.91. The van der Waals surface area contributed by atoms with Crippen molar-refractivity contribution in [2.75, 3.05) is 6.79 Å². The first-order chi connectivity index (χ1) is 13.3. The summed E-state index contributed by atoms with van der Waals surface area (Å²) in [5.41, 5.74) is 4.02. The van der Waals surface area contributed by atoms with E-state index in [1.165, 1.54) is 6.20 Å². The minimum atomic E-state index is -3.76. The fourth-order valence-corrected chi connectivity index (χ4v) is 5.01. The third-order valence-electron chi connectivity index (χ3n) is 4.61. The molecule has 0 saturated carbocycles. The second-order valence-electron chi connectivity index (χ2n) is 6.79. The van der Waals surface area contributed by atoms with Crippen LogP contribution in [0.1, 0.15) is 22.3 Å². The maximum Gasteiger partial charge on any atom is 0.232 e. The molecule has 0 aliphatic carbocycles. The van der Waals surface area contributed by atoms with Gasteiger partial charge in [0.15, 0.2) is 6.79 Å². The highest BCUT2D eigenvalue weighted by Gasteiger charge is 2.26. The van der Waals surface area contributed by atoms with Gasteiger partial charge in [-0.2, -0.15) is 0 Å². The van der Waals surface area contributed by atoms with Gasteiger partial charge in [0.05, 0.1) is 18.0 Å². The van der Waals surface area contributed by atoms with Gasteiger partial charge in [0.1, 0.15) is 5.75 Å². The smallest absolute Gasteiger partial charge is 0.232 e. The molecule has 0 saturated heterocycles. The van der Waals surface area contributed by atoms with Gasteiger partial charge in [0.25, 0.3) is 0 Å². The molecule has 0 bridgehead atoms. The van der Waals surface area contributed by atoms with Gasteiger partial charge in [-0.15, -0.1) is 0 Å². The Hall–Kier alpha value is -2.35. The number of nitrogens with zero attached hydrogens (tertiary/aromatic N) is 2. The van der Waals surface area contributed by atoms with Crippen molar-refractivity contribution >= 4 is 21.4 Å². The van der Waals surface area contributed by atoms with Crippen molar-refractivity contribution in [3.63, 3.8) is 0 Å². The van der Waals surface area contributed by atoms with Gasteiger partial charge in [0, 0.05) is 28.5 Å². The number of sulfone groups is 1. The highest BCUT2D eigenvalue weighted by molar-refractivity contribution is 7.90. The number of hydrogen-bond acceptors (Lipinski definition) is 5. The Labute approximate surface area is 168 Å². The van der Waals surface area contributed by atoms with E-state index in [-0.39, 0.29) is 17.7 Å². The average molecular weight is 419 g/mol. The van der Waals surface area contributed by atoms with Gasteiger partial charge in [-0.1, -0.05) is 23.7 Å². The maximum absolute atomic E-state index is 13.2. The number of rotatable bonds is 4. The van der Waals surface area contributed by atoms with Crippen LogP contribution in [0.4, 0.5) is 0 Å². The molecule has 28 heavy (non-hydrogen) atoms. The Morgan fingerprint density at radius 3 is 2.86 bits per heavy atom. The van der Waals surface area contributed by atoms with Crippen LogP contribution in [0.25, 0.3) is 5.69 Å². The van der Waals surface area contributed by atoms with Gasteiger partial charge in [-0.25, -0.2) is 13.4 Å². The van der Waals surface area contributed by atoms with Crippen molar-refractivity contribution in [2.45, 2.75) is 31.4 Å². The number of ether oxygens (including phenoxy) is 2. The number of imidazole rings is 1. The topological polar surface area (TPSA) is 70.4 Å². The number of aryl methyl sites for hydroxylation is 2. The number of halogens is 1. The van der Waals surface area contributed by atoms with Crippen LogP contribution >= 0.6 is 11.6 Å². The molecular weight excluding hydrogens is 400 g/mol. The van der Waals surface area contributed by atoms with Gasteiger partial charge in [0.2, 0.25) is 15.0 Å². The number of aromatic nitrogens is 2. The molecule has 1 aliphatic rings. The fraction of sp³-hybridized carbons (Fsp3) is 0.250. The molecule has 0 N–H and O–H groups in total. The first-order valence-electron chi connectivity index (χ1n) is 8.71. The lowest BCUT2D eigenvalue weighted by molar-refractivity contribution is -0.0169. The molecule has 2 heterocycles. The molecule has 0 radical (unpaired) electrons. The van der Waals surface area contributed by atoms with Crippen LogP contribution in [0.3, 0.4) is 0 Å². The molecule has 3 aromatic rings. The summed E-state index contributed by atoms with van der Waals surface area (Å²) in [6, 6.07) is 9.24. The Balaban J connectivity index is 1.77. The summed E-state index contributed by atoms with van der Waals surface area (Å²) in [6.07, 6.45) is 3.15. The third kappa shape index (κ3) is 3.53. The van der Waals surface area contributed by atoms with Crippen molar-refractivity contribution in [1.82, 2.24) is 9.55 Å². The van der Waals surface area contributed by atoms with E-state index in [9.17, 15) is 8.42 Å². The average Bonchev–Trinajstić information content (AvgIpc) is 3.14. The van der Waals surface area contributed by atoms with Crippen LogP contribution in [0, 0.1) is 13.8 Å². The number of fused-ring (bicyclic) bond motifs is 1. The van der Waals surface area contributed by atoms with Crippen molar-refractivity contribution in [1.29, 1.82) is 0 Å².